The van der Waals surface area contributed by atoms with Gasteiger partial charge in [0.2, 0.25) is 5.91 Å². The molecular formula is C25H30ClN3O2. The number of aromatic nitrogens is 2. The van der Waals surface area contributed by atoms with Crippen molar-refractivity contribution in [1.82, 2.24) is 14.5 Å². The largest absolute Gasteiger partial charge is 0.333 e. The van der Waals surface area contributed by atoms with E-state index in [1.807, 2.05) is 49.1 Å². The van der Waals surface area contributed by atoms with Crippen LogP contribution in [0.15, 0.2) is 53.3 Å². The zero-order chi connectivity index (χ0) is 22.5. The molecule has 0 N–H and O–H groups in total. The highest BCUT2D eigenvalue weighted by molar-refractivity contribution is 6.30. The molecule has 164 valence electrons. The number of halogens is 1. The molecule has 3 aromatic rings. The molecule has 0 radical (unpaired) electrons. The number of hydrogen-bond donors (Lipinski definition) is 0. The summed E-state index contributed by atoms with van der Waals surface area (Å²) in [4.78, 5) is 33.2. The first-order chi connectivity index (χ1) is 14.8. The number of benzene rings is 2. The fourth-order valence-electron chi connectivity index (χ4n) is 3.70. The molecular weight excluding hydrogens is 410 g/mol. The van der Waals surface area contributed by atoms with Gasteiger partial charge in [0.1, 0.15) is 5.82 Å². The topological polar surface area (TPSA) is 55.2 Å². The van der Waals surface area contributed by atoms with Crippen LogP contribution in [0.25, 0.3) is 16.6 Å². The zero-order valence-corrected chi connectivity index (χ0v) is 19.4. The number of nitrogens with zero attached hydrogens (tertiary/aromatic N) is 3. The van der Waals surface area contributed by atoms with Gasteiger partial charge in [0.15, 0.2) is 0 Å². The maximum Gasteiger partial charge on any atom is 0.266 e. The van der Waals surface area contributed by atoms with Crippen molar-refractivity contribution in [3.8, 4) is 5.69 Å². The number of rotatable bonds is 8. The van der Waals surface area contributed by atoms with E-state index in [4.69, 9.17) is 16.6 Å². The summed E-state index contributed by atoms with van der Waals surface area (Å²) in [5, 5.41) is 1.14. The van der Waals surface area contributed by atoms with Gasteiger partial charge in [-0.2, -0.15) is 0 Å². The molecule has 31 heavy (non-hydrogen) atoms. The first kappa shape index (κ1) is 23.0. The molecule has 1 aromatic heterocycles. The molecule has 5 nitrogen and oxygen atoms in total. The lowest BCUT2D eigenvalue weighted by Gasteiger charge is -2.31. The highest BCUT2D eigenvalue weighted by atomic mass is 35.5. The molecule has 2 aromatic carbocycles. The maximum absolute atomic E-state index is 13.5. The second-order valence-corrected chi connectivity index (χ2v) is 8.74. The van der Waals surface area contributed by atoms with Gasteiger partial charge < -0.3 is 4.90 Å². The summed E-state index contributed by atoms with van der Waals surface area (Å²) < 4.78 is 1.62. The van der Waals surface area contributed by atoms with Crippen LogP contribution >= 0.6 is 11.6 Å². The van der Waals surface area contributed by atoms with Crippen LogP contribution in [0.4, 0.5) is 0 Å². The van der Waals surface area contributed by atoms with E-state index >= 15 is 0 Å². The second-order valence-electron chi connectivity index (χ2n) is 8.30. The molecule has 0 aliphatic heterocycles. The lowest BCUT2D eigenvalue weighted by Crippen LogP contribution is -2.38. The van der Waals surface area contributed by atoms with Crippen LogP contribution in [0.1, 0.15) is 58.8 Å². The fraction of sp³-hybridized carbons (Fsp3) is 0.400. The average Bonchev–Trinajstić information content (AvgIpc) is 2.74. The molecule has 0 fully saturated rings. The van der Waals surface area contributed by atoms with Crippen LogP contribution < -0.4 is 5.56 Å². The molecule has 6 heteroatoms. The predicted molar refractivity (Wildman–Crippen MR) is 127 cm³/mol. The Balaban J connectivity index is 2.20. The predicted octanol–water partition coefficient (Wildman–Crippen LogP) is 5.77. The van der Waals surface area contributed by atoms with Crippen LogP contribution in [0.3, 0.4) is 0 Å². The number of amides is 1. The molecule has 0 aliphatic rings. The normalized spacial score (nSPS) is 12.3. The number of para-hydroxylation sites is 1. The van der Waals surface area contributed by atoms with Crippen LogP contribution in [0.5, 0.6) is 0 Å². The van der Waals surface area contributed by atoms with Crippen molar-refractivity contribution in [1.29, 1.82) is 0 Å². The highest BCUT2D eigenvalue weighted by Crippen LogP contribution is 2.25. The number of carbonyl (C=O) groups excluding carboxylic acids is 1. The van der Waals surface area contributed by atoms with Gasteiger partial charge in [0.25, 0.3) is 5.56 Å². The van der Waals surface area contributed by atoms with E-state index in [9.17, 15) is 9.59 Å². The molecule has 1 amide bonds. The average molecular weight is 440 g/mol. The van der Waals surface area contributed by atoms with Gasteiger partial charge in [-0.25, -0.2) is 4.98 Å². The standard InChI is InChI=1S/C25H30ClN3O2/c1-5-8-23(30)28(16-15-17(2)3)18(4)24-27-22-10-7-6-9-21(22)25(31)29(24)20-13-11-19(26)12-14-20/h6-7,9-14,17-18H,5,8,15-16H2,1-4H3. The number of fused-ring (bicyclic) bond motifs is 1. The molecule has 0 bridgehead atoms. The lowest BCUT2D eigenvalue weighted by molar-refractivity contribution is -0.133. The third-order valence-electron chi connectivity index (χ3n) is 5.46. The molecule has 1 heterocycles. The van der Waals surface area contributed by atoms with Gasteiger partial charge >= 0.3 is 0 Å². The molecule has 1 unspecified atom stereocenters. The Morgan fingerprint density at radius 2 is 1.77 bits per heavy atom. The SMILES string of the molecule is CCCC(=O)N(CCC(C)C)C(C)c1nc2ccccc2c(=O)n1-c1ccc(Cl)cc1. The van der Waals surface area contributed by atoms with E-state index in [0.717, 1.165) is 12.8 Å². The molecule has 0 saturated carbocycles. The smallest absolute Gasteiger partial charge is 0.266 e. The summed E-state index contributed by atoms with van der Waals surface area (Å²) in [6.07, 6.45) is 2.14. The van der Waals surface area contributed by atoms with E-state index in [1.54, 1.807) is 22.8 Å². The zero-order valence-electron chi connectivity index (χ0n) is 18.6. The first-order valence-electron chi connectivity index (χ1n) is 10.9. The molecule has 3 rings (SSSR count). The summed E-state index contributed by atoms with van der Waals surface area (Å²) in [6.45, 7) is 8.87. The minimum Gasteiger partial charge on any atom is -0.333 e. The minimum atomic E-state index is -0.356. The molecule has 0 spiro atoms. The van der Waals surface area contributed by atoms with Crippen molar-refractivity contribution in [2.24, 2.45) is 5.92 Å². The monoisotopic (exact) mass is 439 g/mol. The summed E-state index contributed by atoms with van der Waals surface area (Å²) in [6, 6.07) is 14.1. The summed E-state index contributed by atoms with van der Waals surface area (Å²) >= 11 is 6.08. The van der Waals surface area contributed by atoms with Gasteiger partial charge in [-0.15, -0.1) is 0 Å². The van der Waals surface area contributed by atoms with Crippen molar-refractivity contribution in [3.05, 3.63) is 69.7 Å². The van der Waals surface area contributed by atoms with E-state index in [-0.39, 0.29) is 17.5 Å². The Kier molecular flexibility index (Phi) is 7.50. The number of hydrogen-bond acceptors (Lipinski definition) is 3. The third kappa shape index (κ3) is 5.16. The first-order valence-corrected chi connectivity index (χ1v) is 11.3. The Bertz CT molecular complexity index is 1110. The second kappa shape index (κ2) is 10.1. The quantitative estimate of drug-likeness (QED) is 0.447. The van der Waals surface area contributed by atoms with Crippen molar-refractivity contribution in [2.75, 3.05) is 6.54 Å². The molecule has 1 atom stereocenters. The van der Waals surface area contributed by atoms with E-state index in [0.29, 0.717) is 46.3 Å². The Morgan fingerprint density at radius 1 is 1.10 bits per heavy atom. The lowest BCUT2D eigenvalue weighted by atomic mass is 10.1. The fourth-order valence-corrected chi connectivity index (χ4v) is 3.82. The van der Waals surface area contributed by atoms with Crippen molar-refractivity contribution in [2.45, 2.75) is 53.0 Å². The van der Waals surface area contributed by atoms with Crippen molar-refractivity contribution in [3.63, 3.8) is 0 Å². The van der Waals surface area contributed by atoms with Gasteiger partial charge in [-0.1, -0.05) is 44.5 Å². The highest BCUT2D eigenvalue weighted by Gasteiger charge is 2.26. The van der Waals surface area contributed by atoms with Gasteiger partial charge in [-0.3, -0.25) is 14.2 Å². The summed E-state index contributed by atoms with van der Waals surface area (Å²) in [5.41, 5.74) is 1.16. The molecule has 0 aliphatic carbocycles. The molecule has 0 saturated heterocycles. The maximum atomic E-state index is 13.5. The van der Waals surface area contributed by atoms with Crippen LogP contribution in [-0.2, 0) is 4.79 Å². The summed E-state index contributed by atoms with van der Waals surface area (Å²) in [5.74, 6) is 1.10. The van der Waals surface area contributed by atoms with Crippen molar-refractivity contribution < 1.29 is 4.79 Å². The van der Waals surface area contributed by atoms with Gasteiger partial charge in [0.05, 0.1) is 22.6 Å². The van der Waals surface area contributed by atoms with Gasteiger partial charge in [0, 0.05) is 18.0 Å². The Hall–Kier alpha value is -2.66. The Labute approximate surface area is 188 Å². The van der Waals surface area contributed by atoms with Crippen molar-refractivity contribution >= 4 is 28.4 Å². The minimum absolute atomic E-state index is 0.0840. The van der Waals surface area contributed by atoms with E-state index in [1.165, 1.54) is 0 Å². The van der Waals surface area contributed by atoms with E-state index < -0.39 is 0 Å². The Morgan fingerprint density at radius 3 is 2.42 bits per heavy atom. The van der Waals surface area contributed by atoms with Crippen LogP contribution in [0, 0.1) is 5.92 Å². The summed E-state index contributed by atoms with van der Waals surface area (Å²) in [7, 11) is 0. The number of carbonyl (C=O) groups is 1. The third-order valence-corrected chi connectivity index (χ3v) is 5.71. The van der Waals surface area contributed by atoms with Crippen LogP contribution in [-0.4, -0.2) is 26.9 Å². The van der Waals surface area contributed by atoms with Gasteiger partial charge in [-0.05, 0) is 62.1 Å². The van der Waals surface area contributed by atoms with E-state index in [2.05, 4.69) is 13.8 Å². The van der Waals surface area contributed by atoms with Crippen LogP contribution in [0.2, 0.25) is 5.02 Å².